The number of hydrogen-bond acceptors (Lipinski definition) is 9. The number of carbonyl (C=O) groups excluding carboxylic acids is 1. The molecule has 0 aliphatic carbocycles. The maximum absolute atomic E-state index is 13.0. The largest absolute Gasteiger partial charge is 0.497 e. The smallest absolute Gasteiger partial charge is 0.246 e. The molecule has 2 aromatic heterocycles. The van der Waals surface area contributed by atoms with Crippen molar-refractivity contribution in [3.63, 3.8) is 0 Å². The molecule has 1 aliphatic rings. The SMILES string of the molecule is COc1ccc(Oc2ccc3cc(CN4CCN(C(=O)/C=C/c5ccc(Oc6ccc(OCc7ccc(C#N)cc7)cn6)c(Cl)c5)CC4)ccc3n2)cc1.Cl. The molecule has 7 rings (SSSR count). The van der Waals surface area contributed by atoms with E-state index in [4.69, 9.17) is 35.8 Å². The summed E-state index contributed by atoms with van der Waals surface area (Å²) in [5.41, 5.74) is 4.38. The molecule has 3 heterocycles. The number of piperazine rings is 1. The lowest BCUT2D eigenvalue weighted by atomic mass is 10.1. The number of ether oxygens (including phenoxy) is 4. The number of nitrogens with zero attached hydrogens (tertiary/aromatic N) is 5. The molecule has 0 unspecified atom stereocenters. The van der Waals surface area contributed by atoms with Gasteiger partial charge in [-0.25, -0.2) is 9.97 Å². The zero-order chi connectivity index (χ0) is 37.3. The number of carbonyl (C=O) groups is 1. The van der Waals surface area contributed by atoms with Crippen molar-refractivity contribution in [2.75, 3.05) is 33.3 Å². The number of rotatable bonds is 12. The number of fused-ring (bicyclic) bond motifs is 1. The van der Waals surface area contributed by atoms with Crippen molar-refractivity contribution in [3.05, 3.63) is 149 Å². The minimum Gasteiger partial charge on any atom is -0.497 e. The van der Waals surface area contributed by atoms with Crippen molar-refractivity contribution < 1.29 is 23.7 Å². The number of nitriles is 1. The quantitative estimate of drug-likeness (QED) is 0.113. The molecule has 0 saturated carbocycles. The van der Waals surface area contributed by atoms with Crippen LogP contribution < -0.4 is 18.9 Å². The van der Waals surface area contributed by atoms with Gasteiger partial charge in [-0.2, -0.15) is 5.26 Å². The minimum absolute atomic E-state index is 0. The Labute approximate surface area is 330 Å². The number of pyridine rings is 2. The van der Waals surface area contributed by atoms with Crippen molar-refractivity contribution in [1.82, 2.24) is 19.8 Å². The summed E-state index contributed by atoms with van der Waals surface area (Å²) in [6, 6.07) is 35.7. The van der Waals surface area contributed by atoms with Crippen LogP contribution >= 0.6 is 24.0 Å². The normalized spacial score (nSPS) is 12.9. The molecule has 1 aliphatic heterocycles. The molecule has 1 fully saturated rings. The number of amides is 1. The predicted molar refractivity (Wildman–Crippen MR) is 214 cm³/mol. The topological polar surface area (TPSA) is 110 Å². The summed E-state index contributed by atoms with van der Waals surface area (Å²) >= 11 is 6.53. The van der Waals surface area contributed by atoms with Gasteiger partial charge in [-0.1, -0.05) is 35.9 Å². The Hall–Kier alpha value is -6.12. The lowest BCUT2D eigenvalue weighted by Gasteiger charge is -2.34. The molecule has 0 radical (unpaired) electrons. The molecule has 0 atom stereocenters. The van der Waals surface area contributed by atoms with Gasteiger partial charge in [0.15, 0.2) is 0 Å². The van der Waals surface area contributed by atoms with Crippen LogP contribution in [0.25, 0.3) is 17.0 Å². The zero-order valence-electron chi connectivity index (χ0n) is 29.9. The van der Waals surface area contributed by atoms with Gasteiger partial charge < -0.3 is 23.8 Å². The maximum atomic E-state index is 13.0. The fraction of sp³-hybridized carbons (Fsp3) is 0.163. The Morgan fingerprint density at radius 2 is 1.55 bits per heavy atom. The molecule has 0 spiro atoms. The molecule has 1 amide bonds. The van der Waals surface area contributed by atoms with E-state index in [1.54, 1.807) is 61.9 Å². The summed E-state index contributed by atoms with van der Waals surface area (Å²) in [7, 11) is 1.63. The van der Waals surface area contributed by atoms with Crippen molar-refractivity contribution in [2.24, 2.45) is 0 Å². The van der Waals surface area contributed by atoms with E-state index in [1.165, 1.54) is 5.56 Å². The second-order valence-corrected chi connectivity index (χ2v) is 13.0. The van der Waals surface area contributed by atoms with Gasteiger partial charge in [-0.3, -0.25) is 9.69 Å². The predicted octanol–water partition coefficient (Wildman–Crippen LogP) is 9.11. The maximum Gasteiger partial charge on any atom is 0.246 e. The van der Waals surface area contributed by atoms with Crippen molar-refractivity contribution in [1.29, 1.82) is 5.26 Å². The van der Waals surface area contributed by atoms with E-state index in [0.29, 0.717) is 59.3 Å². The van der Waals surface area contributed by atoms with E-state index in [0.717, 1.165) is 47.4 Å². The summed E-state index contributed by atoms with van der Waals surface area (Å²) in [5, 5.41) is 10.4. The molecule has 12 heteroatoms. The second kappa shape index (κ2) is 18.3. The summed E-state index contributed by atoms with van der Waals surface area (Å²) in [5.74, 6) is 3.35. The average Bonchev–Trinajstić information content (AvgIpc) is 3.21. The van der Waals surface area contributed by atoms with Gasteiger partial charge in [-0.05, 0) is 95.6 Å². The second-order valence-electron chi connectivity index (χ2n) is 12.6. The average molecular weight is 775 g/mol. The van der Waals surface area contributed by atoms with E-state index in [9.17, 15) is 4.79 Å². The van der Waals surface area contributed by atoms with Gasteiger partial charge in [-0.15, -0.1) is 12.4 Å². The third-order valence-corrected chi connectivity index (χ3v) is 9.18. The molecule has 4 aromatic carbocycles. The number of aromatic nitrogens is 2. The summed E-state index contributed by atoms with van der Waals surface area (Å²) in [4.78, 5) is 26.3. The van der Waals surface area contributed by atoms with Gasteiger partial charge in [0, 0.05) is 56.3 Å². The van der Waals surface area contributed by atoms with Crippen LogP contribution in [0.5, 0.6) is 34.8 Å². The van der Waals surface area contributed by atoms with Crippen LogP contribution in [-0.2, 0) is 17.9 Å². The molecule has 55 heavy (non-hydrogen) atoms. The monoisotopic (exact) mass is 773 g/mol. The summed E-state index contributed by atoms with van der Waals surface area (Å²) in [6.07, 6.45) is 4.93. The lowest BCUT2D eigenvalue weighted by molar-refractivity contribution is -0.127. The minimum atomic E-state index is -0.0405. The van der Waals surface area contributed by atoms with Gasteiger partial charge in [0.05, 0.1) is 35.5 Å². The highest BCUT2D eigenvalue weighted by molar-refractivity contribution is 6.32. The van der Waals surface area contributed by atoms with E-state index >= 15 is 0 Å². The Balaban J connectivity index is 0.00000514. The Bertz CT molecular complexity index is 2310. The molecule has 1 saturated heterocycles. The van der Waals surface area contributed by atoms with Crippen molar-refractivity contribution >= 4 is 46.9 Å². The highest BCUT2D eigenvalue weighted by atomic mass is 35.5. The highest BCUT2D eigenvalue weighted by Crippen LogP contribution is 2.31. The number of hydrogen-bond donors (Lipinski definition) is 0. The first-order chi connectivity index (χ1) is 26.4. The molecule has 0 bridgehead atoms. The number of methoxy groups -OCH3 is 1. The van der Waals surface area contributed by atoms with Crippen molar-refractivity contribution in [2.45, 2.75) is 13.2 Å². The third kappa shape index (κ3) is 10.3. The standard InChI is InChI=1S/C43H36ClN5O5.ClH/c1-51-35-10-12-36(13-11-35)53-42-17-9-34-24-33(6-15-39(34)47-42)28-48-20-22-49(23-21-48)43(50)19-8-30-7-16-40(38(44)25-30)54-41-18-14-37(27-46-41)52-29-32-4-2-31(26-45)3-5-32;/h2-19,24-25,27H,20-23,28-29H2,1H3;1H/b19-8+;. The van der Waals surface area contributed by atoms with Crippen LogP contribution in [0.1, 0.15) is 22.3 Å². The third-order valence-electron chi connectivity index (χ3n) is 8.89. The van der Waals surface area contributed by atoms with Gasteiger partial charge in [0.25, 0.3) is 0 Å². The lowest BCUT2D eigenvalue weighted by Crippen LogP contribution is -2.47. The number of halogens is 2. The molecule has 6 aromatic rings. The Kier molecular flexibility index (Phi) is 12.8. The first-order valence-electron chi connectivity index (χ1n) is 17.4. The van der Waals surface area contributed by atoms with Crippen molar-refractivity contribution in [3.8, 4) is 40.8 Å². The first-order valence-corrected chi connectivity index (χ1v) is 17.7. The number of benzene rings is 4. The fourth-order valence-electron chi connectivity index (χ4n) is 5.90. The zero-order valence-corrected chi connectivity index (χ0v) is 31.5. The van der Waals surface area contributed by atoms with Crippen LogP contribution in [0.2, 0.25) is 5.02 Å². The van der Waals surface area contributed by atoms with Crippen LogP contribution in [0.4, 0.5) is 0 Å². The van der Waals surface area contributed by atoms with E-state index in [2.05, 4.69) is 33.1 Å². The first kappa shape index (κ1) is 38.6. The van der Waals surface area contributed by atoms with Gasteiger partial charge >= 0.3 is 0 Å². The van der Waals surface area contributed by atoms with Gasteiger partial charge in [0.1, 0.15) is 29.6 Å². The fourth-order valence-corrected chi connectivity index (χ4v) is 6.13. The molecular formula is C43H37Cl2N5O5. The Morgan fingerprint density at radius 3 is 2.25 bits per heavy atom. The summed E-state index contributed by atoms with van der Waals surface area (Å²) < 4.78 is 22.8. The van der Waals surface area contributed by atoms with Crippen LogP contribution in [0.3, 0.4) is 0 Å². The molecular weight excluding hydrogens is 737 g/mol. The van der Waals surface area contributed by atoms with E-state index in [-0.39, 0.29) is 18.3 Å². The molecule has 278 valence electrons. The van der Waals surface area contributed by atoms with Crippen LogP contribution in [-0.4, -0.2) is 59.0 Å². The molecule has 10 nitrogen and oxygen atoms in total. The highest BCUT2D eigenvalue weighted by Gasteiger charge is 2.20. The van der Waals surface area contributed by atoms with Crippen LogP contribution in [0.15, 0.2) is 121 Å². The molecule has 0 N–H and O–H groups in total. The van der Waals surface area contributed by atoms with E-state index in [1.807, 2.05) is 65.6 Å². The summed E-state index contributed by atoms with van der Waals surface area (Å²) in [6.45, 7) is 3.98. The van der Waals surface area contributed by atoms with Crippen LogP contribution in [0, 0.1) is 11.3 Å². The Morgan fingerprint density at radius 1 is 0.818 bits per heavy atom. The van der Waals surface area contributed by atoms with Gasteiger partial charge in [0.2, 0.25) is 17.7 Å². The van der Waals surface area contributed by atoms with E-state index < -0.39 is 0 Å².